The molecule has 6 heteroatoms. The maximum atomic E-state index is 13.2. The molecule has 2 unspecified atom stereocenters. The molecule has 0 amide bonds. The number of rotatable bonds is 1. The van der Waals surface area contributed by atoms with Crippen molar-refractivity contribution in [2.45, 2.75) is 33.6 Å². The molecule has 0 aromatic heterocycles. The molecular formula is C19H19O5P. The number of phenolic OH excluding ortho intramolecular Hbond substituents is 1. The van der Waals surface area contributed by atoms with Crippen molar-refractivity contribution < 1.29 is 23.5 Å². The van der Waals surface area contributed by atoms with Crippen LogP contribution in [0.5, 0.6) is 17.2 Å². The molecule has 0 saturated carbocycles. The number of benzene rings is 2. The van der Waals surface area contributed by atoms with E-state index in [1.165, 1.54) is 0 Å². The first-order valence-electron chi connectivity index (χ1n) is 8.16. The normalized spacial score (nSPS) is 23.1. The summed E-state index contributed by atoms with van der Waals surface area (Å²) in [6.45, 7) is 7.60. The van der Waals surface area contributed by atoms with Gasteiger partial charge in [0.15, 0.2) is 6.29 Å². The summed E-state index contributed by atoms with van der Waals surface area (Å²) in [5, 5.41) is 10.2. The minimum absolute atomic E-state index is 0.140. The Kier molecular flexibility index (Phi) is 3.32. The minimum Gasteiger partial charge on any atom is -0.507 e. The van der Waals surface area contributed by atoms with Crippen LogP contribution in [0.3, 0.4) is 0 Å². The van der Waals surface area contributed by atoms with Gasteiger partial charge < -0.3 is 14.2 Å². The van der Waals surface area contributed by atoms with Gasteiger partial charge in [-0.25, -0.2) is 4.57 Å². The van der Waals surface area contributed by atoms with Crippen molar-refractivity contribution in [2.24, 2.45) is 0 Å². The van der Waals surface area contributed by atoms with Crippen LogP contribution >= 0.6 is 7.60 Å². The maximum Gasteiger partial charge on any atom is 0.431 e. The van der Waals surface area contributed by atoms with E-state index in [0.717, 1.165) is 27.8 Å². The van der Waals surface area contributed by atoms with Crippen LogP contribution in [0.2, 0.25) is 0 Å². The zero-order chi connectivity index (χ0) is 18.1. The van der Waals surface area contributed by atoms with Gasteiger partial charge in [0.25, 0.3) is 0 Å². The van der Waals surface area contributed by atoms with E-state index in [1.807, 2.05) is 20.8 Å². The molecule has 2 aromatic carbocycles. The van der Waals surface area contributed by atoms with E-state index in [2.05, 4.69) is 6.07 Å². The molecule has 1 N–H and O–H groups in total. The lowest BCUT2D eigenvalue weighted by atomic mass is 9.84. The molecule has 2 aliphatic rings. The predicted octanol–water partition coefficient (Wildman–Crippen LogP) is 4.55. The molecule has 0 fully saturated rings. The van der Waals surface area contributed by atoms with E-state index in [4.69, 9.17) is 9.05 Å². The van der Waals surface area contributed by atoms with Crippen molar-refractivity contribution in [2.75, 3.05) is 6.16 Å². The lowest BCUT2D eigenvalue weighted by Crippen LogP contribution is -2.26. The highest BCUT2D eigenvalue weighted by atomic mass is 31.2. The van der Waals surface area contributed by atoms with Gasteiger partial charge in [0.1, 0.15) is 17.2 Å². The lowest BCUT2D eigenvalue weighted by molar-refractivity contribution is 0.112. The molecule has 4 rings (SSSR count). The summed E-state index contributed by atoms with van der Waals surface area (Å²) in [5.41, 5.74) is 5.47. The van der Waals surface area contributed by atoms with E-state index < -0.39 is 7.60 Å². The summed E-state index contributed by atoms with van der Waals surface area (Å²) >= 11 is 0. The smallest absolute Gasteiger partial charge is 0.431 e. The third-order valence-corrected chi connectivity index (χ3v) is 7.03. The van der Waals surface area contributed by atoms with Gasteiger partial charge in [-0.05, 0) is 50.5 Å². The molecule has 2 bridgehead atoms. The standard InChI is InChI=1S/C19H19O5P/c1-9-5-10(2)16-15-8-25(22,24-19(16)11(9)3)23-18-12(4)17(21)13(7-20)6-14(15)18/h5-7,15,21H,8H2,1-4H3. The van der Waals surface area contributed by atoms with Crippen molar-refractivity contribution in [1.82, 2.24) is 0 Å². The fourth-order valence-electron chi connectivity index (χ4n) is 3.87. The SMILES string of the molecule is Cc1cc(C)c2c(c1C)OP1(=O)CC2c2cc(C=O)c(O)c(C)c2O1. The van der Waals surface area contributed by atoms with Gasteiger partial charge in [0.05, 0.1) is 11.7 Å². The third-order valence-electron chi connectivity index (χ3n) is 5.29. The molecule has 0 spiro atoms. The van der Waals surface area contributed by atoms with E-state index in [-0.39, 0.29) is 23.4 Å². The number of aldehydes is 1. The maximum absolute atomic E-state index is 13.2. The second-order valence-corrected chi connectivity index (χ2v) is 8.83. The second kappa shape index (κ2) is 5.12. The molecule has 0 aliphatic carbocycles. The Hall–Kier alpha value is -2.26. The summed E-state index contributed by atoms with van der Waals surface area (Å²) in [6.07, 6.45) is 0.864. The monoisotopic (exact) mass is 358 g/mol. The van der Waals surface area contributed by atoms with E-state index in [9.17, 15) is 14.5 Å². The summed E-state index contributed by atoms with van der Waals surface area (Å²) in [5.74, 6) is 0.668. The number of hydrogen-bond donors (Lipinski definition) is 1. The number of phenols is 1. The Balaban J connectivity index is 2.07. The summed E-state index contributed by atoms with van der Waals surface area (Å²) in [6, 6.07) is 3.74. The van der Waals surface area contributed by atoms with Crippen molar-refractivity contribution in [3.63, 3.8) is 0 Å². The molecule has 2 aromatic rings. The Morgan fingerprint density at radius 2 is 1.76 bits per heavy atom. The Morgan fingerprint density at radius 1 is 1.08 bits per heavy atom. The highest BCUT2D eigenvalue weighted by Gasteiger charge is 2.47. The number of aryl methyl sites for hydroxylation is 2. The van der Waals surface area contributed by atoms with Crippen LogP contribution in [0.15, 0.2) is 12.1 Å². The largest absolute Gasteiger partial charge is 0.507 e. The second-order valence-electron chi connectivity index (χ2n) is 6.88. The predicted molar refractivity (Wildman–Crippen MR) is 94.5 cm³/mol. The van der Waals surface area contributed by atoms with E-state index in [1.54, 1.807) is 13.0 Å². The highest BCUT2D eigenvalue weighted by Crippen LogP contribution is 2.65. The van der Waals surface area contributed by atoms with Crippen LogP contribution in [0, 0.1) is 27.7 Å². The number of carbonyl (C=O) groups is 1. The van der Waals surface area contributed by atoms with E-state index >= 15 is 0 Å². The van der Waals surface area contributed by atoms with Crippen LogP contribution in [-0.4, -0.2) is 17.6 Å². The van der Waals surface area contributed by atoms with Gasteiger partial charge >= 0.3 is 7.60 Å². The quantitative estimate of drug-likeness (QED) is 0.598. The first-order chi connectivity index (χ1) is 11.8. The Labute approximate surface area is 146 Å². The molecule has 2 aliphatic heterocycles. The van der Waals surface area contributed by atoms with Gasteiger partial charge in [0.2, 0.25) is 0 Å². The van der Waals surface area contributed by atoms with Gasteiger partial charge in [-0.15, -0.1) is 0 Å². The molecule has 25 heavy (non-hydrogen) atoms. The van der Waals surface area contributed by atoms with E-state index in [0.29, 0.717) is 23.3 Å². The topological polar surface area (TPSA) is 72.8 Å². The summed E-state index contributed by atoms with van der Waals surface area (Å²) < 4.78 is 24.8. The van der Waals surface area contributed by atoms with Crippen molar-refractivity contribution in [1.29, 1.82) is 0 Å². The van der Waals surface area contributed by atoms with Crippen LogP contribution in [0.25, 0.3) is 0 Å². The number of carbonyl (C=O) groups excluding carboxylic acids is 1. The van der Waals surface area contributed by atoms with Gasteiger partial charge in [-0.2, -0.15) is 0 Å². The van der Waals surface area contributed by atoms with Gasteiger partial charge in [-0.3, -0.25) is 4.79 Å². The summed E-state index contributed by atoms with van der Waals surface area (Å²) in [7, 11) is -3.36. The number of fused-ring (bicyclic) bond motifs is 6. The minimum atomic E-state index is -3.36. The Morgan fingerprint density at radius 3 is 2.44 bits per heavy atom. The first kappa shape index (κ1) is 16.2. The van der Waals surface area contributed by atoms with Crippen LogP contribution in [-0.2, 0) is 4.57 Å². The molecule has 130 valence electrons. The summed E-state index contributed by atoms with van der Waals surface area (Å²) in [4.78, 5) is 11.3. The molecule has 2 atom stereocenters. The molecule has 2 heterocycles. The van der Waals surface area contributed by atoms with Crippen molar-refractivity contribution in [3.05, 3.63) is 51.1 Å². The fourth-order valence-corrected chi connectivity index (χ4v) is 5.92. The van der Waals surface area contributed by atoms with Gasteiger partial charge in [0, 0.05) is 22.6 Å². The highest BCUT2D eigenvalue weighted by molar-refractivity contribution is 7.55. The number of aromatic hydroxyl groups is 1. The molecule has 0 saturated heterocycles. The molecular weight excluding hydrogens is 339 g/mol. The average molecular weight is 358 g/mol. The Bertz CT molecular complexity index is 992. The zero-order valence-corrected chi connectivity index (χ0v) is 15.4. The van der Waals surface area contributed by atoms with Gasteiger partial charge in [-0.1, -0.05) is 6.07 Å². The van der Waals surface area contributed by atoms with Crippen LogP contribution < -0.4 is 9.05 Å². The lowest BCUT2D eigenvalue weighted by Gasteiger charge is -2.39. The third kappa shape index (κ3) is 2.15. The molecule has 5 nitrogen and oxygen atoms in total. The zero-order valence-electron chi connectivity index (χ0n) is 14.5. The van der Waals surface area contributed by atoms with Crippen LogP contribution in [0.1, 0.15) is 49.7 Å². The number of hydrogen-bond acceptors (Lipinski definition) is 5. The fraction of sp³-hybridized carbons (Fsp3) is 0.316. The van der Waals surface area contributed by atoms with Crippen molar-refractivity contribution in [3.8, 4) is 17.2 Å². The average Bonchev–Trinajstić information content (AvgIpc) is 2.56. The van der Waals surface area contributed by atoms with Crippen LogP contribution in [0.4, 0.5) is 0 Å². The first-order valence-corrected chi connectivity index (χ1v) is 9.89. The molecule has 0 radical (unpaired) electrons. The van der Waals surface area contributed by atoms with Crippen molar-refractivity contribution >= 4 is 13.9 Å².